The van der Waals surface area contributed by atoms with E-state index >= 15 is 0 Å². The first kappa shape index (κ1) is 9.87. The quantitative estimate of drug-likeness (QED) is 0.746. The van der Waals surface area contributed by atoms with Crippen LogP contribution in [0.1, 0.15) is 5.56 Å². The minimum absolute atomic E-state index is 0.682. The highest BCUT2D eigenvalue weighted by Gasteiger charge is 1.97. The van der Waals surface area contributed by atoms with Gasteiger partial charge in [0.1, 0.15) is 5.75 Å². The summed E-state index contributed by atoms with van der Waals surface area (Å²) >= 11 is 9.14. The molecule has 0 fully saturated rings. The normalized spacial score (nSPS) is 9.92. The van der Waals surface area contributed by atoms with Gasteiger partial charge in [0.25, 0.3) is 0 Å². The van der Waals surface area contributed by atoms with E-state index in [-0.39, 0.29) is 0 Å². The summed E-state index contributed by atoms with van der Waals surface area (Å²) in [5.41, 5.74) is 1.05. The third kappa shape index (κ3) is 2.68. The van der Waals surface area contributed by atoms with Gasteiger partial charge in [-0.15, -0.1) is 0 Å². The molecule has 0 aromatic heterocycles. The fraction of sp³-hybridized carbons (Fsp3) is 0.333. The van der Waals surface area contributed by atoms with E-state index in [1.807, 2.05) is 25.1 Å². The van der Waals surface area contributed by atoms with Gasteiger partial charge in [0, 0.05) is 10.4 Å². The number of rotatable bonds is 3. The minimum Gasteiger partial charge on any atom is -0.493 e. The maximum absolute atomic E-state index is 5.85. The largest absolute Gasteiger partial charge is 0.493 e. The summed E-state index contributed by atoms with van der Waals surface area (Å²) in [5.74, 6) is 0.872. The van der Waals surface area contributed by atoms with Gasteiger partial charge in [-0.2, -0.15) is 0 Å². The molecular weight excluding hydrogens is 239 g/mol. The summed E-state index contributed by atoms with van der Waals surface area (Å²) in [6, 6.07) is 5.66. The van der Waals surface area contributed by atoms with Crippen LogP contribution in [0, 0.1) is 6.92 Å². The minimum atomic E-state index is 0.682. The Morgan fingerprint density at radius 2 is 2.25 bits per heavy atom. The molecule has 0 heterocycles. The van der Waals surface area contributed by atoms with Gasteiger partial charge < -0.3 is 4.74 Å². The number of benzene rings is 1. The monoisotopic (exact) mass is 248 g/mol. The number of hydrogen-bond acceptors (Lipinski definition) is 1. The third-order valence-electron chi connectivity index (χ3n) is 1.48. The summed E-state index contributed by atoms with van der Waals surface area (Å²) in [7, 11) is 0. The van der Waals surface area contributed by atoms with E-state index in [0.29, 0.717) is 6.61 Å². The molecule has 12 heavy (non-hydrogen) atoms. The summed E-state index contributed by atoms with van der Waals surface area (Å²) < 4.78 is 5.39. The lowest BCUT2D eigenvalue weighted by Crippen LogP contribution is -1.97. The highest BCUT2D eigenvalue weighted by Crippen LogP contribution is 2.20. The molecule has 1 nitrogen and oxygen atoms in total. The predicted molar refractivity (Wildman–Crippen MR) is 55.5 cm³/mol. The molecule has 0 aliphatic heterocycles. The van der Waals surface area contributed by atoms with Gasteiger partial charge in [-0.25, -0.2) is 0 Å². The van der Waals surface area contributed by atoms with Crippen LogP contribution in [0.5, 0.6) is 5.75 Å². The molecule has 0 bridgehead atoms. The van der Waals surface area contributed by atoms with Crippen LogP contribution in [0.3, 0.4) is 0 Å². The van der Waals surface area contributed by atoms with Crippen molar-refractivity contribution in [2.24, 2.45) is 0 Å². The van der Waals surface area contributed by atoms with Gasteiger partial charge >= 0.3 is 0 Å². The Morgan fingerprint density at radius 3 is 2.83 bits per heavy atom. The van der Waals surface area contributed by atoms with E-state index in [4.69, 9.17) is 16.3 Å². The molecule has 3 heteroatoms. The summed E-state index contributed by atoms with van der Waals surface area (Å²) in [5, 5.41) is 1.62. The molecule has 0 spiro atoms. The topological polar surface area (TPSA) is 9.23 Å². The molecular formula is C9H10BrClO. The molecule has 0 aliphatic carbocycles. The molecule has 0 radical (unpaired) electrons. The Hall–Kier alpha value is -0.210. The lowest BCUT2D eigenvalue weighted by molar-refractivity contribution is 0.345. The van der Waals surface area contributed by atoms with Crippen LogP contribution in [0.4, 0.5) is 0 Å². The van der Waals surface area contributed by atoms with Gasteiger partial charge in [0.05, 0.1) is 6.61 Å². The second-order valence-electron chi connectivity index (χ2n) is 2.45. The van der Waals surface area contributed by atoms with Crippen molar-refractivity contribution in [1.29, 1.82) is 0 Å². The Labute approximate surface area is 85.8 Å². The average Bonchev–Trinajstić information content (AvgIpc) is 2.07. The molecule has 0 N–H and O–H groups in total. The number of ether oxygens (including phenoxy) is 1. The van der Waals surface area contributed by atoms with E-state index in [1.54, 1.807) is 0 Å². The fourth-order valence-electron chi connectivity index (χ4n) is 0.863. The van der Waals surface area contributed by atoms with E-state index in [0.717, 1.165) is 21.7 Å². The number of halogens is 2. The van der Waals surface area contributed by atoms with Crippen LogP contribution in [-0.2, 0) is 0 Å². The second-order valence-corrected chi connectivity index (χ2v) is 3.65. The number of hydrogen-bond donors (Lipinski definition) is 0. The maximum atomic E-state index is 5.85. The Balaban J connectivity index is 2.69. The van der Waals surface area contributed by atoms with Crippen molar-refractivity contribution >= 4 is 27.5 Å². The number of aryl methyl sites for hydroxylation is 1. The molecule has 1 aromatic carbocycles. The maximum Gasteiger partial charge on any atom is 0.119 e. The molecule has 0 saturated carbocycles. The Bertz CT molecular complexity index is 263. The van der Waals surface area contributed by atoms with E-state index in [9.17, 15) is 0 Å². The first-order chi connectivity index (χ1) is 5.74. The van der Waals surface area contributed by atoms with Gasteiger partial charge in [-0.3, -0.25) is 0 Å². The molecule has 0 amide bonds. The second kappa shape index (κ2) is 4.73. The lowest BCUT2D eigenvalue weighted by Gasteiger charge is -2.05. The van der Waals surface area contributed by atoms with E-state index < -0.39 is 0 Å². The molecule has 0 atom stereocenters. The van der Waals surface area contributed by atoms with Gasteiger partial charge in [-0.1, -0.05) is 27.5 Å². The zero-order valence-electron chi connectivity index (χ0n) is 6.81. The summed E-state index contributed by atoms with van der Waals surface area (Å²) in [6.45, 7) is 2.64. The van der Waals surface area contributed by atoms with Crippen molar-refractivity contribution in [3.8, 4) is 5.75 Å². The predicted octanol–water partition coefficient (Wildman–Crippen LogP) is 3.42. The lowest BCUT2D eigenvalue weighted by atomic mass is 10.2. The molecule has 1 aromatic rings. The van der Waals surface area contributed by atoms with Gasteiger partial charge in [-0.05, 0) is 30.7 Å². The molecule has 1 rings (SSSR count). The highest BCUT2D eigenvalue weighted by atomic mass is 79.9. The molecule has 0 unspecified atom stereocenters. The van der Waals surface area contributed by atoms with E-state index in [1.165, 1.54) is 0 Å². The van der Waals surface area contributed by atoms with Crippen molar-refractivity contribution in [2.75, 3.05) is 11.9 Å². The van der Waals surface area contributed by atoms with Gasteiger partial charge in [0.2, 0.25) is 0 Å². The molecule has 0 aliphatic rings. The van der Waals surface area contributed by atoms with Crippen molar-refractivity contribution < 1.29 is 4.74 Å². The van der Waals surface area contributed by atoms with Crippen molar-refractivity contribution in [3.63, 3.8) is 0 Å². The smallest absolute Gasteiger partial charge is 0.119 e. The zero-order chi connectivity index (χ0) is 8.97. The fourth-order valence-corrected chi connectivity index (χ4v) is 1.14. The van der Waals surface area contributed by atoms with Crippen LogP contribution in [0.25, 0.3) is 0 Å². The Kier molecular flexibility index (Phi) is 3.89. The van der Waals surface area contributed by atoms with Crippen LogP contribution in [0.2, 0.25) is 5.02 Å². The SMILES string of the molecule is Cc1cc(OCCBr)ccc1Cl. The van der Waals surface area contributed by atoms with Crippen molar-refractivity contribution in [1.82, 2.24) is 0 Å². The summed E-state index contributed by atoms with van der Waals surface area (Å²) in [6.07, 6.45) is 0. The van der Waals surface area contributed by atoms with Crippen LogP contribution in [0.15, 0.2) is 18.2 Å². The van der Waals surface area contributed by atoms with Crippen molar-refractivity contribution in [3.05, 3.63) is 28.8 Å². The first-order valence-corrected chi connectivity index (χ1v) is 5.19. The third-order valence-corrected chi connectivity index (χ3v) is 2.22. The zero-order valence-corrected chi connectivity index (χ0v) is 9.15. The van der Waals surface area contributed by atoms with E-state index in [2.05, 4.69) is 15.9 Å². The molecule has 0 saturated heterocycles. The number of alkyl halides is 1. The Morgan fingerprint density at radius 1 is 1.50 bits per heavy atom. The van der Waals surface area contributed by atoms with Crippen molar-refractivity contribution in [2.45, 2.75) is 6.92 Å². The van der Waals surface area contributed by atoms with Crippen LogP contribution >= 0.6 is 27.5 Å². The summed E-state index contributed by atoms with van der Waals surface area (Å²) in [4.78, 5) is 0. The molecule has 66 valence electrons. The average molecular weight is 250 g/mol. The van der Waals surface area contributed by atoms with Crippen LogP contribution in [-0.4, -0.2) is 11.9 Å². The standard InChI is InChI=1S/C9H10BrClO/c1-7-6-8(12-5-4-10)2-3-9(7)11/h2-3,6H,4-5H2,1H3. The first-order valence-electron chi connectivity index (χ1n) is 3.69. The highest BCUT2D eigenvalue weighted by molar-refractivity contribution is 9.09. The van der Waals surface area contributed by atoms with Gasteiger partial charge in [0.15, 0.2) is 0 Å². The van der Waals surface area contributed by atoms with Crippen LogP contribution < -0.4 is 4.74 Å².